The van der Waals surface area contributed by atoms with Crippen LogP contribution in [0.1, 0.15) is 41.0 Å². The summed E-state index contributed by atoms with van der Waals surface area (Å²) in [5.74, 6) is 0.276. The van der Waals surface area contributed by atoms with Gasteiger partial charge in [0.2, 0.25) is 0 Å². The summed E-state index contributed by atoms with van der Waals surface area (Å²) < 4.78 is 5.55. The number of rotatable bonds is 5. The third-order valence-electron chi connectivity index (χ3n) is 2.27. The molecule has 74 valence electrons. The van der Waals surface area contributed by atoms with Crippen LogP contribution >= 0.6 is 0 Å². The van der Waals surface area contributed by atoms with Crippen LogP contribution in [0.3, 0.4) is 0 Å². The molecule has 1 unspecified atom stereocenters. The molecule has 0 aliphatic heterocycles. The summed E-state index contributed by atoms with van der Waals surface area (Å²) in [6, 6.07) is 0. The third-order valence-corrected chi connectivity index (χ3v) is 2.27. The minimum Gasteiger partial charge on any atom is -0.390 e. The van der Waals surface area contributed by atoms with Crippen LogP contribution in [-0.2, 0) is 4.74 Å². The summed E-state index contributed by atoms with van der Waals surface area (Å²) in [5, 5.41) is 9.46. The second-order valence-electron chi connectivity index (χ2n) is 4.24. The zero-order chi connectivity index (χ0) is 9.78. The van der Waals surface area contributed by atoms with Gasteiger partial charge in [-0.05, 0) is 26.2 Å². The quantitative estimate of drug-likeness (QED) is 0.692. The molecule has 0 fully saturated rings. The molecule has 1 N–H and O–H groups in total. The number of aliphatic hydroxyl groups is 1. The average Bonchev–Trinajstić information content (AvgIpc) is 2.00. The summed E-state index contributed by atoms with van der Waals surface area (Å²) >= 11 is 0. The number of ether oxygens (including phenoxy) is 1. The van der Waals surface area contributed by atoms with E-state index in [9.17, 15) is 5.11 Å². The van der Waals surface area contributed by atoms with Gasteiger partial charge >= 0.3 is 0 Å². The predicted molar refractivity (Wildman–Crippen MR) is 51.2 cm³/mol. The van der Waals surface area contributed by atoms with Crippen LogP contribution in [-0.4, -0.2) is 23.4 Å². The van der Waals surface area contributed by atoms with Crippen molar-refractivity contribution >= 4 is 0 Å². The second kappa shape index (κ2) is 4.83. The normalized spacial score (nSPS) is 15.2. The lowest BCUT2D eigenvalue weighted by Gasteiger charge is -2.26. The van der Waals surface area contributed by atoms with Gasteiger partial charge in [0.05, 0.1) is 18.3 Å². The van der Waals surface area contributed by atoms with Crippen molar-refractivity contribution < 1.29 is 9.84 Å². The first-order valence-electron chi connectivity index (χ1n) is 4.71. The second-order valence-corrected chi connectivity index (χ2v) is 4.24. The van der Waals surface area contributed by atoms with E-state index in [1.165, 1.54) is 0 Å². The van der Waals surface area contributed by atoms with Crippen molar-refractivity contribution in [3.63, 3.8) is 0 Å². The summed E-state index contributed by atoms with van der Waals surface area (Å²) in [5.41, 5.74) is -0.101. The molecule has 0 aromatic rings. The molecule has 0 saturated carbocycles. The van der Waals surface area contributed by atoms with Gasteiger partial charge in [0.15, 0.2) is 0 Å². The molecule has 12 heavy (non-hydrogen) atoms. The van der Waals surface area contributed by atoms with Gasteiger partial charge in [-0.25, -0.2) is 0 Å². The SMILES string of the molecule is CCC(C)(C)OCC(O)C(C)C. The Kier molecular flexibility index (Phi) is 4.80. The van der Waals surface area contributed by atoms with Gasteiger partial charge in [0.25, 0.3) is 0 Å². The zero-order valence-corrected chi connectivity index (χ0v) is 8.92. The lowest BCUT2D eigenvalue weighted by atomic mass is 10.1. The minimum absolute atomic E-state index is 0.101. The van der Waals surface area contributed by atoms with Gasteiger partial charge in [0, 0.05) is 0 Å². The zero-order valence-electron chi connectivity index (χ0n) is 8.92. The van der Waals surface area contributed by atoms with Crippen molar-refractivity contribution in [1.82, 2.24) is 0 Å². The highest BCUT2D eigenvalue weighted by Crippen LogP contribution is 2.15. The monoisotopic (exact) mass is 174 g/mol. The van der Waals surface area contributed by atoms with E-state index in [1.807, 2.05) is 27.7 Å². The molecule has 1 atom stereocenters. The van der Waals surface area contributed by atoms with Crippen molar-refractivity contribution in [2.75, 3.05) is 6.61 Å². The fraction of sp³-hybridized carbons (Fsp3) is 1.00. The van der Waals surface area contributed by atoms with Crippen molar-refractivity contribution in [2.45, 2.75) is 52.7 Å². The van der Waals surface area contributed by atoms with Crippen LogP contribution in [0.5, 0.6) is 0 Å². The highest BCUT2D eigenvalue weighted by Gasteiger charge is 2.18. The molecular formula is C10H22O2. The minimum atomic E-state index is -0.337. The molecule has 0 bridgehead atoms. The molecule has 0 spiro atoms. The summed E-state index contributed by atoms with van der Waals surface area (Å²) in [6.45, 7) is 10.6. The van der Waals surface area contributed by atoms with Crippen LogP contribution in [0.4, 0.5) is 0 Å². The van der Waals surface area contributed by atoms with Crippen LogP contribution in [0.15, 0.2) is 0 Å². The van der Waals surface area contributed by atoms with E-state index in [0.29, 0.717) is 6.61 Å². The Morgan fingerprint density at radius 1 is 1.33 bits per heavy atom. The molecule has 0 amide bonds. The van der Waals surface area contributed by atoms with E-state index in [-0.39, 0.29) is 17.6 Å². The summed E-state index contributed by atoms with van der Waals surface area (Å²) in [6.07, 6.45) is 0.633. The molecule has 0 heterocycles. The average molecular weight is 174 g/mol. The van der Waals surface area contributed by atoms with E-state index >= 15 is 0 Å². The Bertz CT molecular complexity index is 119. The van der Waals surface area contributed by atoms with E-state index < -0.39 is 0 Å². The van der Waals surface area contributed by atoms with E-state index in [0.717, 1.165) is 6.42 Å². The highest BCUT2D eigenvalue weighted by molar-refractivity contribution is 4.67. The molecule has 0 aliphatic carbocycles. The van der Waals surface area contributed by atoms with Crippen LogP contribution < -0.4 is 0 Å². The molecule has 0 aliphatic rings. The molecular weight excluding hydrogens is 152 g/mol. The molecule has 0 radical (unpaired) electrons. The lowest BCUT2D eigenvalue weighted by molar-refractivity contribution is -0.0712. The van der Waals surface area contributed by atoms with Gasteiger partial charge in [0.1, 0.15) is 0 Å². The van der Waals surface area contributed by atoms with Crippen molar-refractivity contribution in [3.8, 4) is 0 Å². The van der Waals surface area contributed by atoms with Gasteiger partial charge in [-0.2, -0.15) is 0 Å². The molecule has 2 heteroatoms. The number of hydrogen-bond donors (Lipinski definition) is 1. The van der Waals surface area contributed by atoms with Crippen LogP contribution in [0, 0.1) is 5.92 Å². The Hall–Kier alpha value is -0.0800. The fourth-order valence-electron chi connectivity index (χ4n) is 0.605. The topological polar surface area (TPSA) is 29.5 Å². The number of hydrogen-bond acceptors (Lipinski definition) is 2. The Balaban J connectivity index is 3.67. The first-order valence-corrected chi connectivity index (χ1v) is 4.71. The lowest BCUT2D eigenvalue weighted by Crippen LogP contribution is -2.30. The molecule has 0 aromatic heterocycles. The van der Waals surface area contributed by atoms with Gasteiger partial charge in [-0.3, -0.25) is 0 Å². The largest absolute Gasteiger partial charge is 0.390 e. The molecule has 0 aromatic carbocycles. The van der Waals surface area contributed by atoms with Crippen molar-refractivity contribution in [3.05, 3.63) is 0 Å². The molecule has 0 saturated heterocycles. The maximum atomic E-state index is 9.46. The Morgan fingerprint density at radius 2 is 1.83 bits per heavy atom. The Labute approximate surface area is 75.9 Å². The third kappa shape index (κ3) is 4.73. The van der Waals surface area contributed by atoms with Gasteiger partial charge in [-0.15, -0.1) is 0 Å². The van der Waals surface area contributed by atoms with Crippen LogP contribution in [0.2, 0.25) is 0 Å². The predicted octanol–water partition coefficient (Wildman–Crippen LogP) is 2.21. The smallest absolute Gasteiger partial charge is 0.0796 e. The maximum absolute atomic E-state index is 9.46. The highest BCUT2D eigenvalue weighted by atomic mass is 16.5. The fourth-order valence-corrected chi connectivity index (χ4v) is 0.605. The molecule has 2 nitrogen and oxygen atoms in total. The standard InChI is InChI=1S/C10H22O2/c1-6-10(4,5)12-7-9(11)8(2)3/h8-9,11H,6-7H2,1-5H3. The Morgan fingerprint density at radius 3 is 2.17 bits per heavy atom. The summed E-state index contributed by atoms with van der Waals surface area (Å²) in [7, 11) is 0. The van der Waals surface area contributed by atoms with E-state index in [1.54, 1.807) is 0 Å². The van der Waals surface area contributed by atoms with Crippen molar-refractivity contribution in [1.29, 1.82) is 0 Å². The van der Waals surface area contributed by atoms with Crippen LogP contribution in [0.25, 0.3) is 0 Å². The van der Waals surface area contributed by atoms with Gasteiger partial charge in [-0.1, -0.05) is 20.8 Å². The molecule has 0 rings (SSSR count). The van der Waals surface area contributed by atoms with Crippen molar-refractivity contribution in [2.24, 2.45) is 5.92 Å². The first-order chi connectivity index (χ1) is 5.39. The number of aliphatic hydroxyl groups excluding tert-OH is 1. The maximum Gasteiger partial charge on any atom is 0.0796 e. The van der Waals surface area contributed by atoms with E-state index in [4.69, 9.17) is 4.74 Å². The first kappa shape index (κ1) is 11.9. The summed E-state index contributed by atoms with van der Waals surface area (Å²) in [4.78, 5) is 0. The van der Waals surface area contributed by atoms with Gasteiger partial charge < -0.3 is 9.84 Å². The van der Waals surface area contributed by atoms with E-state index in [2.05, 4.69) is 6.92 Å².